The maximum absolute atomic E-state index is 12.4. The van der Waals surface area contributed by atoms with E-state index < -0.39 is 6.04 Å². The lowest BCUT2D eigenvalue weighted by molar-refractivity contribution is -0.136. The molecule has 1 aromatic heterocycles. The van der Waals surface area contributed by atoms with Crippen molar-refractivity contribution in [3.63, 3.8) is 0 Å². The lowest BCUT2D eigenvalue weighted by Gasteiger charge is -2.35. The summed E-state index contributed by atoms with van der Waals surface area (Å²) < 4.78 is 0. The van der Waals surface area contributed by atoms with Crippen LogP contribution in [0.2, 0.25) is 0 Å². The molecule has 7 nitrogen and oxygen atoms in total. The molecule has 126 valence electrons. The Bertz CT molecular complexity index is 563. The SMILES string of the molecule is Cc1nccc(CNC(=O)NC(C)C(=O)N2CCCCC2C)n1. The first-order chi connectivity index (χ1) is 11.0. The normalized spacial score (nSPS) is 19.1. The molecule has 0 spiro atoms. The van der Waals surface area contributed by atoms with E-state index in [-0.39, 0.29) is 18.0 Å². The number of carbonyl (C=O) groups excluding carboxylic acids is 2. The highest BCUT2D eigenvalue weighted by Gasteiger charge is 2.27. The molecule has 2 N–H and O–H groups in total. The Morgan fingerprint density at radius 1 is 1.43 bits per heavy atom. The van der Waals surface area contributed by atoms with Gasteiger partial charge < -0.3 is 15.5 Å². The number of nitrogens with one attached hydrogen (secondary N) is 2. The van der Waals surface area contributed by atoms with E-state index in [0.29, 0.717) is 12.4 Å². The zero-order valence-electron chi connectivity index (χ0n) is 14.0. The number of likely N-dealkylation sites (tertiary alicyclic amines) is 1. The summed E-state index contributed by atoms with van der Waals surface area (Å²) in [7, 11) is 0. The Labute approximate surface area is 136 Å². The molecule has 1 aliphatic rings. The van der Waals surface area contributed by atoms with E-state index >= 15 is 0 Å². The molecule has 7 heteroatoms. The van der Waals surface area contributed by atoms with Gasteiger partial charge >= 0.3 is 6.03 Å². The van der Waals surface area contributed by atoms with E-state index in [4.69, 9.17) is 0 Å². The second-order valence-electron chi connectivity index (χ2n) is 6.02. The van der Waals surface area contributed by atoms with E-state index in [0.717, 1.165) is 31.5 Å². The number of amides is 3. The van der Waals surface area contributed by atoms with Gasteiger partial charge in [0.2, 0.25) is 5.91 Å². The molecule has 0 aromatic carbocycles. The molecule has 3 amide bonds. The van der Waals surface area contributed by atoms with Crippen molar-refractivity contribution in [2.45, 2.75) is 58.7 Å². The Kier molecular flexibility index (Phi) is 5.90. The molecule has 0 saturated carbocycles. The Hall–Kier alpha value is -2.18. The lowest BCUT2D eigenvalue weighted by Crippen LogP contribution is -2.53. The van der Waals surface area contributed by atoms with Gasteiger partial charge in [-0.05, 0) is 46.1 Å². The molecule has 2 heterocycles. The van der Waals surface area contributed by atoms with Gasteiger partial charge in [-0.15, -0.1) is 0 Å². The zero-order chi connectivity index (χ0) is 16.8. The van der Waals surface area contributed by atoms with Gasteiger partial charge in [0.05, 0.1) is 12.2 Å². The summed E-state index contributed by atoms with van der Waals surface area (Å²) in [6, 6.07) is 1.08. The lowest BCUT2D eigenvalue weighted by atomic mass is 10.0. The van der Waals surface area contributed by atoms with Gasteiger partial charge in [0.15, 0.2) is 0 Å². The monoisotopic (exact) mass is 319 g/mol. The molecule has 2 rings (SSSR count). The van der Waals surface area contributed by atoms with Crippen LogP contribution in [0.3, 0.4) is 0 Å². The number of rotatable bonds is 4. The topological polar surface area (TPSA) is 87.2 Å². The molecule has 2 atom stereocenters. The fourth-order valence-electron chi connectivity index (χ4n) is 2.76. The highest BCUT2D eigenvalue weighted by atomic mass is 16.2. The van der Waals surface area contributed by atoms with E-state index in [9.17, 15) is 9.59 Å². The number of aryl methyl sites for hydroxylation is 1. The molecule has 0 bridgehead atoms. The van der Waals surface area contributed by atoms with Crippen molar-refractivity contribution in [3.8, 4) is 0 Å². The van der Waals surface area contributed by atoms with Crippen molar-refractivity contribution < 1.29 is 9.59 Å². The van der Waals surface area contributed by atoms with E-state index in [2.05, 4.69) is 27.5 Å². The largest absolute Gasteiger partial charge is 0.338 e. The quantitative estimate of drug-likeness (QED) is 0.877. The molecule has 1 fully saturated rings. The van der Waals surface area contributed by atoms with Crippen molar-refractivity contribution in [2.24, 2.45) is 0 Å². The molecule has 1 aromatic rings. The van der Waals surface area contributed by atoms with Crippen molar-refractivity contribution in [1.82, 2.24) is 25.5 Å². The van der Waals surface area contributed by atoms with Crippen molar-refractivity contribution in [3.05, 3.63) is 23.8 Å². The maximum Gasteiger partial charge on any atom is 0.315 e. The molecule has 23 heavy (non-hydrogen) atoms. The summed E-state index contributed by atoms with van der Waals surface area (Å²) >= 11 is 0. The van der Waals surface area contributed by atoms with Crippen LogP contribution >= 0.6 is 0 Å². The second-order valence-corrected chi connectivity index (χ2v) is 6.02. The first-order valence-corrected chi connectivity index (χ1v) is 8.10. The molecular formula is C16H25N5O2. The fourth-order valence-corrected chi connectivity index (χ4v) is 2.76. The first-order valence-electron chi connectivity index (χ1n) is 8.10. The number of piperidine rings is 1. The van der Waals surface area contributed by atoms with Gasteiger partial charge in [-0.1, -0.05) is 0 Å². The van der Waals surface area contributed by atoms with Crippen molar-refractivity contribution in [2.75, 3.05) is 6.54 Å². The van der Waals surface area contributed by atoms with Gasteiger partial charge in [0, 0.05) is 18.8 Å². The highest BCUT2D eigenvalue weighted by molar-refractivity contribution is 5.86. The zero-order valence-corrected chi connectivity index (χ0v) is 14.0. The summed E-state index contributed by atoms with van der Waals surface area (Å²) in [6.07, 6.45) is 4.87. The van der Waals surface area contributed by atoms with Gasteiger partial charge in [0.1, 0.15) is 11.9 Å². The van der Waals surface area contributed by atoms with Gasteiger partial charge in [-0.3, -0.25) is 4.79 Å². The van der Waals surface area contributed by atoms with Crippen LogP contribution in [0.25, 0.3) is 0 Å². The van der Waals surface area contributed by atoms with Gasteiger partial charge in [0.25, 0.3) is 0 Å². The molecule has 0 radical (unpaired) electrons. The summed E-state index contributed by atoms with van der Waals surface area (Å²) in [5.41, 5.74) is 0.733. The van der Waals surface area contributed by atoms with E-state index in [1.807, 2.05) is 4.90 Å². The molecule has 2 unspecified atom stereocenters. The van der Waals surface area contributed by atoms with Crippen LogP contribution in [0.15, 0.2) is 12.3 Å². The summed E-state index contributed by atoms with van der Waals surface area (Å²) in [6.45, 7) is 6.65. The third kappa shape index (κ3) is 4.91. The van der Waals surface area contributed by atoms with Crippen LogP contribution in [0.1, 0.15) is 44.6 Å². The minimum Gasteiger partial charge on any atom is -0.338 e. The van der Waals surface area contributed by atoms with Crippen LogP contribution in [-0.2, 0) is 11.3 Å². The molecule has 1 saturated heterocycles. The molecule has 0 aliphatic carbocycles. The number of hydrogen-bond donors (Lipinski definition) is 2. The number of carbonyl (C=O) groups is 2. The molecular weight excluding hydrogens is 294 g/mol. The van der Waals surface area contributed by atoms with Crippen LogP contribution in [0, 0.1) is 6.92 Å². The second kappa shape index (κ2) is 7.89. The summed E-state index contributed by atoms with van der Waals surface area (Å²) in [5, 5.41) is 5.41. The van der Waals surface area contributed by atoms with E-state index in [1.54, 1.807) is 26.1 Å². The predicted molar refractivity (Wildman–Crippen MR) is 86.6 cm³/mol. The van der Waals surface area contributed by atoms with Crippen LogP contribution in [0.5, 0.6) is 0 Å². The highest BCUT2D eigenvalue weighted by Crippen LogP contribution is 2.17. The van der Waals surface area contributed by atoms with Crippen molar-refractivity contribution >= 4 is 11.9 Å². The fraction of sp³-hybridized carbons (Fsp3) is 0.625. The summed E-state index contributed by atoms with van der Waals surface area (Å²) in [4.78, 5) is 34.5. The Morgan fingerprint density at radius 2 is 2.22 bits per heavy atom. The minimum absolute atomic E-state index is 0.0229. The number of hydrogen-bond acceptors (Lipinski definition) is 4. The first kappa shape index (κ1) is 17.2. The average Bonchev–Trinajstić information content (AvgIpc) is 2.53. The summed E-state index contributed by atoms with van der Waals surface area (Å²) in [5.74, 6) is 0.637. The van der Waals surface area contributed by atoms with Crippen LogP contribution in [-0.4, -0.2) is 45.4 Å². The standard InChI is InChI=1S/C16H25N5O2/c1-11-6-4-5-9-21(11)15(22)12(2)19-16(23)18-10-14-7-8-17-13(3)20-14/h7-8,11-12H,4-6,9-10H2,1-3H3,(H2,18,19,23). The maximum atomic E-state index is 12.4. The van der Waals surface area contributed by atoms with E-state index in [1.165, 1.54) is 0 Å². The van der Waals surface area contributed by atoms with Gasteiger partial charge in [-0.25, -0.2) is 14.8 Å². The smallest absolute Gasteiger partial charge is 0.315 e. The number of aromatic nitrogens is 2. The third-order valence-electron chi connectivity index (χ3n) is 4.07. The van der Waals surface area contributed by atoms with Crippen molar-refractivity contribution in [1.29, 1.82) is 0 Å². The van der Waals surface area contributed by atoms with Gasteiger partial charge in [-0.2, -0.15) is 0 Å². The number of urea groups is 1. The Balaban J connectivity index is 1.80. The Morgan fingerprint density at radius 3 is 2.91 bits per heavy atom. The van der Waals surface area contributed by atoms with Crippen LogP contribution < -0.4 is 10.6 Å². The number of nitrogens with zero attached hydrogens (tertiary/aromatic N) is 3. The molecule has 1 aliphatic heterocycles. The van der Waals surface area contributed by atoms with Crippen LogP contribution in [0.4, 0.5) is 4.79 Å². The minimum atomic E-state index is -0.539. The third-order valence-corrected chi connectivity index (χ3v) is 4.07. The predicted octanol–water partition coefficient (Wildman–Crippen LogP) is 1.37. The average molecular weight is 319 g/mol.